The minimum atomic E-state index is 0.998. The Kier molecular flexibility index (Phi) is 6.38. The molecule has 0 amide bonds. The average Bonchev–Trinajstić information content (AvgIpc) is 3.19. The zero-order valence-corrected chi connectivity index (χ0v) is 24.0. The van der Waals surface area contributed by atoms with Crippen molar-refractivity contribution in [3.63, 3.8) is 0 Å². The first-order valence-electron chi connectivity index (χ1n) is 14.9. The van der Waals surface area contributed by atoms with E-state index in [1.54, 1.807) is 0 Å². The van der Waals surface area contributed by atoms with E-state index >= 15 is 0 Å². The largest absolute Gasteiger partial charge is 0.0622 e. The average molecular weight is 555 g/mol. The third-order valence-electron chi connectivity index (χ3n) is 8.30. The van der Waals surface area contributed by atoms with Crippen molar-refractivity contribution in [2.45, 2.75) is 0 Å². The summed E-state index contributed by atoms with van der Waals surface area (Å²) in [5, 5.41) is 4.76. The van der Waals surface area contributed by atoms with Gasteiger partial charge in [0.25, 0.3) is 0 Å². The van der Waals surface area contributed by atoms with Crippen LogP contribution in [0.15, 0.2) is 163 Å². The van der Waals surface area contributed by atoms with E-state index in [0.29, 0.717) is 0 Å². The standard InChI is InChI=1S/C44H26/c1-2-4-14-37(13-3-1)44-42-29-31(21-25-35-17-9-15-33-11-5-7-19-38(33)35)23-27-40(42)41-28-24-32(30-43(41)44)22-26-36-18-10-16-34-12-6-8-20-39(34)36/h1-20,23-24,27-30H. The molecule has 0 N–H and O–H groups in total. The normalized spacial score (nSPS) is 12.7. The van der Waals surface area contributed by atoms with Crippen molar-refractivity contribution < 1.29 is 0 Å². The van der Waals surface area contributed by atoms with E-state index in [1.165, 1.54) is 54.9 Å². The van der Waals surface area contributed by atoms with Gasteiger partial charge in [-0.1, -0.05) is 145 Å². The second-order valence-electron chi connectivity index (χ2n) is 11.0. The fourth-order valence-corrected chi connectivity index (χ4v) is 6.20. The van der Waals surface area contributed by atoms with E-state index in [0.717, 1.165) is 22.3 Å². The maximum Gasteiger partial charge on any atom is 0.0327 e. The van der Waals surface area contributed by atoms with E-state index in [2.05, 4.69) is 181 Å². The molecule has 8 rings (SSSR count). The van der Waals surface area contributed by atoms with Crippen molar-refractivity contribution in [1.29, 1.82) is 0 Å². The molecule has 0 radical (unpaired) electrons. The number of benzene rings is 6. The molecule has 44 heavy (non-hydrogen) atoms. The first-order chi connectivity index (χ1) is 21.8. The summed E-state index contributed by atoms with van der Waals surface area (Å²) in [4.78, 5) is 0. The molecule has 0 nitrogen and oxygen atoms in total. The fraction of sp³-hybridized carbons (Fsp3) is 0. The maximum absolute atomic E-state index is 3.47. The van der Waals surface area contributed by atoms with Crippen LogP contribution in [0.1, 0.15) is 33.4 Å². The lowest BCUT2D eigenvalue weighted by molar-refractivity contribution is 1.58. The molecular formula is C44H26. The van der Waals surface area contributed by atoms with Gasteiger partial charge in [0.15, 0.2) is 0 Å². The van der Waals surface area contributed by atoms with Gasteiger partial charge >= 0.3 is 0 Å². The molecule has 0 unspecified atom stereocenters. The van der Waals surface area contributed by atoms with Gasteiger partial charge in [0.1, 0.15) is 0 Å². The first kappa shape index (κ1) is 25.6. The Labute approximate surface area is 258 Å². The van der Waals surface area contributed by atoms with Crippen LogP contribution in [0.25, 0.3) is 38.2 Å². The van der Waals surface area contributed by atoms with Crippen molar-refractivity contribution in [2.75, 3.05) is 0 Å². The lowest BCUT2D eigenvalue weighted by atomic mass is 9.95. The number of fused-ring (bicyclic) bond motifs is 5. The van der Waals surface area contributed by atoms with Crippen molar-refractivity contribution in [1.82, 2.24) is 0 Å². The minimum absolute atomic E-state index is 0.998. The van der Waals surface area contributed by atoms with Crippen molar-refractivity contribution in [3.8, 4) is 34.8 Å². The highest BCUT2D eigenvalue weighted by molar-refractivity contribution is 6.04. The molecule has 6 aromatic carbocycles. The summed E-state index contributed by atoms with van der Waals surface area (Å²) in [5.74, 6) is 13.8. The zero-order valence-electron chi connectivity index (χ0n) is 24.0. The van der Waals surface area contributed by atoms with Crippen LogP contribution in [0.5, 0.6) is 0 Å². The van der Waals surface area contributed by atoms with E-state index in [-0.39, 0.29) is 0 Å². The van der Waals surface area contributed by atoms with Crippen LogP contribution in [0, 0.1) is 23.7 Å². The molecule has 0 spiro atoms. The Balaban J connectivity index is 1.23. The van der Waals surface area contributed by atoms with Crippen LogP contribution in [0.3, 0.4) is 0 Å². The summed E-state index contributed by atoms with van der Waals surface area (Å²) in [6.07, 6.45) is 12.7. The summed E-state index contributed by atoms with van der Waals surface area (Å²) >= 11 is 0. The third-order valence-corrected chi connectivity index (χ3v) is 8.30. The van der Waals surface area contributed by atoms with Crippen LogP contribution in [-0.4, -0.2) is 0 Å². The quantitative estimate of drug-likeness (QED) is 0.164. The lowest BCUT2D eigenvalue weighted by Crippen LogP contribution is -1.89. The second-order valence-corrected chi connectivity index (χ2v) is 11.0. The highest BCUT2D eigenvalue weighted by Crippen LogP contribution is 2.47. The molecule has 0 atom stereocenters. The first-order valence-corrected chi connectivity index (χ1v) is 14.9. The molecule has 0 saturated heterocycles. The molecular weight excluding hydrogens is 528 g/mol. The summed E-state index contributed by atoms with van der Waals surface area (Å²) in [6.45, 7) is 0. The molecule has 0 aromatic heterocycles. The molecule has 6 aromatic rings. The minimum Gasteiger partial charge on any atom is -0.0622 e. The molecule has 0 fully saturated rings. The van der Waals surface area contributed by atoms with Crippen molar-refractivity contribution in [3.05, 3.63) is 197 Å². The fourth-order valence-electron chi connectivity index (χ4n) is 6.20. The van der Waals surface area contributed by atoms with Crippen LogP contribution >= 0.6 is 0 Å². The third kappa shape index (κ3) is 4.66. The van der Waals surface area contributed by atoms with E-state index in [9.17, 15) is 0 Å². The number of allylic oxidation sites excluding steroid dienone is 7. The van der Waals surface area contributed by atoms with Crippen molar-refractivity contribution in [2.24, 2.45) is 0 Å². The Morgan fingerprint density at radius 1 is 0.364 bits per heavy atom. The van der Waals surface area contributed by atoms with Crippen molar-refractivity contribution >= 4 is 27.1 Å². The van der Waals surface area contributed by atoms with Gasteiger partial charge in [0, 0.05) is 22.3 Å². The van der Waals surface area contributed by atoms with Gasteiger partial charge in [0.2, 0.25) is 0 Å². The number of hydrogen-bond donors (Lipinski definition) is 0. The van der Waals surface area contributed by atoms with Gasteiger partial charge in [-0.05, 0) is 91.3 Å². The predicted molar refractivity (Wildman–Crippen MR) is 185 cm³/mol. The van der Waals surface area contributed by atoms with E-state index in [4.69, 9.17) is 0 Å². The topological polar surface area (TPSA) is 0 Å². The number of rotatable bonds is 0. The summed E-state index contributed by atoms with van der Waals surface area (Å²) in [6, 6.07) is 42.7. The molecule has 2 aliphatic rings. The maximum atomic E-state index is 3.47. The Hall–Kier alpha value is -6.08. The molecule has 202 valence electrons. The number of hydrogen-bond acceptors (Lipinski definition) is 0. The SMILES string of the molecule is C(#Cc1cccc2ccccc12)c1ccc2c(c1)C(=C1C=CC=CC=C1)c1cc(C#Cc3cccc4ccccc34)ccc1-2. The van der Waals surface area contributed by atoms with Gasteiger partial charge < -0.3 is 0 Å². The molecule has 0 aliphatic heterocycles. The summed E-state index contributed by atoms with van der Waals surface area (Å²) < 4.78 is 0. The highest BCUT2D eigenvalue weighted by atomic mass is 14.3. The van der Waals surface area contributed by atoms with Crippen LogP contribution in [0.4, 0.5) is 0 Å². The smallest absolute Gasteiger partial charge is 0.0327 e. The van der Waals surface area contributed by atoms with Crippen LogP contribution < -0.4 is 0 Å². The van der Waals surface area contributed by atoms with Gasteiger partial charge in [-0.15, -0.1) is 0 Å². The van der Waals surface area contributed by atoms with Gasteiger partial charge in [-0.25, -0.2) is 0 Å². The van der Waals surface area contributed by atoms with Crippen LogP contribution in [-0.2, 0) is 0 Å². The van der Waals surface area contributed by atoms with Crippen LogP contribution in [0.2, 0.25) is 0 Å². The molecule has 0 heteroatoms. The molecule has 0 bridgehead atoms. The molecule has 2 aliphatic carbocycles. The Morgan fingerprint density at radius 3 is 1.36 bits per heavy atom. The highest BCUT2D eigenvalue weighted by Gasteiger charge is 2.25. The predicted octanol–water partition coefficient (Wildman–Crippen LogP) is 10.3. The molecule has 0 heterocycles. The molecule has 0 saturated carbocycles. The van der Waals surface area contributed by atoms with Gasteiger partial charge in [0.05, 0.1) is 0 Å². The monoisotopic (exact) mass is 554 g/mol. The summed E-state index contributed by atoms with van der Waals surface area (Å²) in [7, 11) is 0. The summed E-state index contributed by atoms with van der Waals surface area (Å²) in [5.41, 5.74) is 11.3. The van der Waals surface area contributed by atoms with Gasteiger partial charge in [-0.3, -0.25) is 0 Å². The van der Waals surface area contributed by atoms with E-state index in [1.807, 2.05) is 0 Å². The zero-order chi connectivity index (χ0) is 29.3. The Bertz CT molecular complexity index is 2210. The Morgan fingerprint density at radius 2 is 0.841 bits per heavy atom. The van der Waals surface area contributed by atoms with Gasteiger partial charge in [-0.2, -0.15) is 0 Å². The second kappa shape index (κ2) is 11.0. The lowest BCUT2D eigenvalue weighted by Gasteiger charge is -2.08. The van der Waals surface area contributed by atoms with E-state index < -0.39 is 0 Å².